The molecular formula is C41H68O4. The maximum Gasteiger partial charge on any atom is 0.101 e. The molecule has 256 valence electrons. The molecule has 0 aliphatic rings. The lowest BCUT2D eigenvalue weighted by molar-refractivity contribution is 0.00980. The molecule has 0 aromatic heterocycles. The Morgan fingerprint density at radius 2 is 0.533 bits per heavy atom. The molecule has 0 heterocycles. The van der Waals surface area contributed by atoms with Crippen molar-refractivity contribution in [1.82, 2.24) is 0 Å². The molecular weight excluding hydrogens is 556 g/mol. The summed E-state index contributed by atoms with van der Waals surface area (Å²) in [4.78, 5) is 0. The van der Waals surface area contributed by atoms with E-state index in [9.17, 15) is 0 Å². The highest BCUT2D eigenvalue weighted by molar-refractivity contribution is 5.63. The minimum absolute atomic E-state index is 0.341. The van der Waals surface area contributed by atoms with Gasteiger partial charge >= 0.3 is 0 Å². The third-order valence-electron chi connectivity index (χ3n) is 4.48. The van der Waals surface area contributed by atoms with E-state index in [2.05, 4.69) is 111 Å². The zero-order valence-corrected chi connectivity index (χ0v) is 31.2. The minimum atomic E-state index is -0.481. The van der Waals surface area contributed by atoms with Gasteiger partial charge in [-0.25, -0.2) is 0 Å². The van der Waals surface area contributed by atoms with E-state index in [4.69, 9.17) is 5.11 Å². The third-order valence-corrected chi connectivity index (χ3v) is 4.48. The van der Waals surface area contributed by atoms with Crippen LogP contribution in [-0.2, 0) is 14.2 Å². The molecule has 4 heteroatoms. The first-order chi connectivity index (χ1) is 22.2. The van der Waals surface area contributed by atoms with Gasteiger partial charge in [-0.05, 0) is 22.3 Å². The number of aliphatic hydroxyl groups excluding tert-OH is 1. The Bertz CT molecular complexity index is 807. The number of hydrogen-bond acceptors (Lipinski definition) is 4. The number of ether oxygens (including phenoxy) is 3. The normalized spacial score (nSPS) is 8.09. The Morgan fingerprint density at radius 1 is 0.378 bits per heavy atom. The van der Waals surface area contributed by atoms with Crippen molar-refractivity contribution in [2.45, 2.75) is 75.3 Å². The van der Waals surface area contributed by atoms with Gasteiger partial charge in [-0.15, -0.1) is 0 Å². The molecule has 4 rings (SSSR count). The van der Waals surface area contributed by atoms with Gasteiger partial charge < -0.3 is 19.3 Å². The second-order valence-corrected chi connectivity index (χ2v) is 7.44. The number of hydrogen-bond donors (Lipinski definition) is 1. The van der Waals surface area contributed by atoms with Gasteiger partial charge in [0, 0.05) is 28.4 Å². The molecule has 0 saturated heterocycles. The summed E-state index contributed by atoms with van der Waals surface area (Å²) in [7, 11) is 6.33. The highest BCUT2D eigenvalue weighted by atomic mass is 16.5. The van der Waals surface area contributed by atoms with E-state index in [1.165, 1.54) is 22.3 Å². The van der Waals surface area contributed by atoms with Crippen LogP contribution in [0.4, 0.5) is 0 Å². The van der Waals surface area contributed by atoms with Crippen molar-refractivity contribution in [3.05, 3.63) is 121 Å². The molecule has 4 aromatic carbocycles. The van der Waals surface area contributed by atoms with E-state index < -0.39 is 6.10 Å². The van der Waals surface area contributed by atoms with Gasteiger partial charge in [-0.3, -0.25) is 0 Å². The van der Waals surface area contributed by atoms with Crippen LogP contribution < -0.4 is 0 Å². The van der Waals surface area contributed by atoms with Crippen LogP contribution in [0.3, 0.4) is 0 Å². The van der Waals surface area contributed by atoms with Crippen LogP contribution in [-0.4, -0.2) is 52.9 Å². The zero-order chi connectivity index (χ0) is 35.6. The largest absolute Gasteiger partial charge is 0.388 e. The van der Waals surface area contributed by atoms with Gasteiger partial charge in [0.25, 0.3) is 0 Å². The number of benzene rings is 4. The molecule has 45 heavy (non-hydrogen) atoms. The maximum atomic E-state index is 8.80. The Kier molecular flexibility index (Phi) is 54.3. The van der Waals surface area contributed by atoms with E-state index in [1.54, 1.807) is 28.4 Å². The Morgan fingerprint density at radius 3 is 0.667 bits per heavy atom. The quantitative estimate of drug-likeness (QED) is 0.232. The van der Waals surface area contributed by atoms with E-state index >= 15 is 0 Å². The zero-order valence-electron chi connectivity index (χ0n) is 31.2. The van der Waals surface area contributed by atoms with Gasteiger partial charge in [0.2, 0.25) is 0 Å². The van der Waals surface area contributed by atoms with Crippen molar-refractivity contribution < 1.29 is 19.3 Å². The van der Waals surface area contributed by atoms with Crippen LogP contribution >= 0.6 is 0 Å². The highest BCUT2D eigenvalue weighted by Gasteiger charge is 1.99. The fraction of sp³-hybridized carbons (Fsp3) is 0.415. The fourth-order valence-electron chi connectivity index (χ4n) is 2.96. The van der Waals surface area contributed by atoms with Crippen LogP contribution in [0.5, 0.6) is 0 Å². The molecule has 0 aliphatic carbocycles. The summed E-state index contributed by atoms with van der Waals surface area (Å²) in [5.74, 6) is 0. The maximum absolute atomic E-state index is 8.80. The average molecular weight is 625 g/mol. The summed E-state index contributed by atoms with van der Waals surface area (Å²) in [6.07, 6.45) is -0.481. The van der Waals surface area contributed by atoms with Gasteiger partial charge in [-0.1, -0.05) is 191 Å². The average Bonchev–Trinajstić information content (AvgIpc) is 3.15. The summed E-state index contributed by atoms with van der Waals surface area (Å²) in [5.41, 5.74) is 5.10. The predicted molar refractivity (Wildman–Crippen MR) is 203 cm³/mol. The number of rotatable bonds is 6. The summed E-state index contributed by atoms with van der Waals surface area (Å²) < 4.78 is 13.5. The second kappa shape index (κ2) is 47.6. The smallest absolute Gasteiger partial charge is 0.101 e. The van der Waals surface area contributed by atoms with Crippen LogP contribution in [0.1, 0.15) is 69.2 Å². The molecule has 0 spiro atoms. The Balaban J connectivity index is -0.000000152. The lowest BCUT2D eigenvalue weighted by Crippen LogP contribution is -2.19. The molecule has 1 N–H and O–H groups in total. The number of aliphatic hydroxyl groups is 1. The van der Waals surface area contributed by atoms with Crippen molar-refractivity contribution in [2.75, 3.05) is 41.7 Å². The molecule has 0 fully saturated rings. The van der Waals surface area contributed by atoms with E-state index in [0.717, 1.165) is 0 Å². The standard InChI is InChI=1S/2C12H10.C5H12O3.C2H6O.5C2H6/c2*1-3-7-11(8-4-1)12-9-5-2-6-10-12;1-7-3-5(6)4-8-2;1-3-2;5*1-2/h2*1-10H;5-6H,3-4H2,1-2H3;1-2H3;5*1-2H3. The van der Waals surface area contributed by atoms with Crippen molar-refractivity contribution >= 4 is 0 Å². The molecule has 0 saturated carbocycles. The molecule has 4 aromatic rings. The van der Waals surface area contributed by atoms with Gasteiger partial charge in [0.05, 0.1) is 13.2 Å². The van der Waals surface area contributed by atoms with E-state index in [1.807, 2.05) is 93.5 Å². The Hall–Kier alpha value is -3.28. The lowest BCUT2D eigenvalue weighted by atomic mass is 10.1. The van der Waals surface area contributed by atoms with Crippen molar-refractivity contribution in [3.63, 3.8) is 0 Å². The van der Waals surface area contributed by atoms with Crippen LogP contribution in [0.25, 0.3) is 22.3 Å². The van der Waals surface area contributed by atoms with Crippen molar-refractivity contribution in [1.29, 1.82) is 0 Å². The first kappa shape index (κ1) is 51.3. The molecule has 0 unspecified atom stereocenters. The van der Waals surface area contributed by atoms with Gasteiger partial charge in [0.15, 0.2) is 0 Å². The number of methoxy groups -OCH3 is 3. The lowest BCUT2D eigenvalue weighted by Gasteiger charge is -2.05. The highest BCUT2D eigenvalue weighted by Crippen LogP contribution is 2.18. The molecule has 0 radical (unpaired) electrons. The van der Waals surface area contributed by atoms with Crippen molar-refractivity contribution in [2.24, 2.45) is 0 Å². The summed E-state index contributed by atoms with van der Waals surface area (Å²) in [5, 5.41) is 8.80. The summed E-state index contributed by atoms with van der Waals surface area (Å²) >= 11 is 0. The van der Waals surface area contributed by atoms with Gasteiger partial charge in [-0.2, -0.15) is 0 Å². The molecule has 0 atom stereocenters. The minimum Gasteiger partial charge on any atom is -0.388 e. The molecule has 0 amide bonds. The topological polar surface area (TPSA) is 47.9 Å². The monoisotopic (exact) mass is 625 g/mol. The predicted octanol–water partition coefficient (Wildman–Crippen LogP) is 11.7. The first-order valence-corrected chi connectivity index (χ1v) is 16.4. The SMILES string of the molecule is CC.CC.CC.CC.CC.COC.COCC(O)COC.c1ccc(-c2ccccc2)cc1.c1ccc(-c2ccccc2)cc1. The molecule has 0 aliphatic heterocycles. The van der Waals surface area contributed by atoms with Crippen LogP contribution in [0, 0.1) is 0 Å². The van der Waals surface area contributed by atoms with Crippen LogP contribution in [0.15, 0.2) is 121 Å². The first-order valence-electron chi connectivity index (χ1n) is 16.4. The van der Waals surface area contributed by atoms with Crippen molar-refractivity contribution in [3.8, 4) is 22.3 Å². The summed E-state index contributed by atoms with van der Waals surface area (Å²) in [6, 6.07) is 41.6. The summed E-state index contributed by atoms with van der Waals surface area (Å²) in [6.45, 7) is 20.7. The molecule has 4 nitrogen and oxygen atoms in total. The van der Waals surface area contributed by atoms with Crippen LogP contribution in [0.2, 0.25) is 0 Å². The van der Waals surface area contributed by atoms with E-state index in [-0.39, 0.29) is 0 Å². The van der Waals surface area contributed by atoms with Gasteiger partial charge in [0.1, 0.15) is 6.10 Å². The Labute approximate surface area is 279 Å². The second-order valence-electron chi connectivity index (χ2n) is 7.44. The molecule has 0 bridgehead atoms. The fourth-order valence-corrected chi connectivity index (χ4v) is 2.96. The third kappa shape index (κ3) is 33.5. The van der Waals surface area contributed by atoms with E-state index in [0.29, 0.717) is 13.2 Å².